The van der Waals surface area contributed by atoms with Gasteiger partial charge in [-0.1, -0.05) is 31.2 Å². The fourth-order valence-electron chi connectivity index (χ4n) is 1.69. The first-order valence-electron chi connectivity index (χ1n) is 5.50. The normalized spacial score (nSPS) is 10.7. The molecule has 0 radical (unpaired) electrons. The first-order chi connectivity index (χ1) is 7.74. The van der Waals surface area contributed by atoms with Gasteiger partial charge in [-0.25, -0.2) is 4.98 Å². The molecule has 0 fully saturated rings. The first-order valence-corrected chi connectivity index (χ1v) is 5.50. The van der Waals surface area contributed by atoms with E-state index >= 15 is 0 Å². The van der Waals surface area contributed by atoms with Crippen LogP contribution in [0.5, 0.6) is 0 Å². The van der Waals surface area contributed by atoms with Crippen LogP contribution in [0.2, 0.25) is 0 Å². The van der Waals surface area contributed by atoms with E-state index in [4.69, 9.17) is 5.11 Å². The SMILES string of the molecule is CCc1ccc(-c2nc(CO)c(C)[nH]2)cc1. The summed E-state index contributed by atoms with van der Waals surface area (Å²) in [6.07, 6.45) is 1.04. The Bertz CT molecular complexity index is 471. The number of nitrogens with one attached hydrogen (secondary N) is 1. The number of H-pyrrole nitrogens is 1. The maximum absolute atomic E-state index is 9.08. The summed E-state index contributed by atoms with van der Waals surface area (Å²) in [4.78, 5) is 7.53. The van der Waals surface area contributed by atoms with E-state index in [-0.39, 0.29) is 6.61 Å². The summed E-state index contributed by atoms with van der Waals surface area (Å²) in [5.41, 5.74) is 4.01. The third-order valence-electron chi connectivity index (χ3n) is 2.77. The van der Waals surface area contributed by atoms with Crippen LogP contribution >= 0.6 is 0 Å². The molecule has 3 heteroatoms. The van der Waals surface area contributed by atoms with Crippen molar-refractivity contribution in [3.63, 3.8) is 0 Å². The Kier molecular flexibility index (Phi) is 3.06. The molecule has 2 rings (SSSR count). The minimum atomic E-state index is -0.0185. The maximum atomic E-state index is 9.08. The van der Waals surface area contributed by atoms with E-state index in [9.17, 15) is 0 Å². The van der Waals surface area contributed by atoms with Crippen LogP contribution < -0.4 is 0 Å². The number of hydrogen-bond donors (Lipinski definition) is 2. The molecule has 0 bridgehead atoms. The second kappa shape index (κ2) is 4.49. The van der Waals surface area contributed by atoms with Crippen molar-refractivity contribution in [3.8, 4) is 11.4 Å². The zero-order valence-electron chi connectivity index (χ0n) is 9.62. The quantitative estimate of drug-likeness (QED) is 0.827. The Balaban J connectivity index is 2.34. The number of aromatic amines is 1. The number of aliphatic hydroxyl groups excluding tert-OH is 1. The molecule has 0 atom stereocenters. The predicted molar refractivity (Wildman–Crippen MR) is 64.1 cm³/mol. The molecule has 0 aliphatic rings. The molecule has 3 nitrogen and oxygen atoms in total. The molecule has 0 spiro atoms. The highest BCUT2D eigenvalue weighted by molar-refractivity contribution is 5.56. The van der Waals surface area contributed by atoms with Gasteiger partial charge in [0.15, 0.2) is 0 Å². The van der Waals surface area contributed by atoms with Crippen LogP contribution in [-0.4, -0.2) is 15.1 Å². The van der Waals surface area contributed by atoms with Gasteiger partial charge in [0.1, 0.15) is 5.82 Å². The Morgan fingerprint density at radius 3 is 2.44 bits per heavy atom. The average Bonchev–Trinajstić information content (AvgIpc) is 2.71. The molecule has 0 amide bonds. The molecule has 0 aliphatic heterocycles. The van der Waals surface area contributed by atoms with Crippen LogP contribution in [0.1, 0.15) is 23.9 Å². The van der Waals surface area contributed by atoms with Crippen molar-refractivity contribution in [2.45, 2.75) is 26.9 Å². The third-order valence-corrected chi connectivity index (χ3v) is 2.77. The van der Waals surface area contributed by atoms with Gasteiger partial charge >= 0.3 is 0 Å². The summed E-state index contributed by atoms with van der Waals surface area (Å²) in [5.74, 6) is 0.823. The lowest BCUT2D eigenvalue weighted by Gasteiger charge is -1.99. The number of hydrogen-bond acceptors (Lipinski definition) is 2. The number of aromatic nitrogens is 2. The van der Waals surface area contributed by atoms with Crippen LogP contribution in [-0.2, 0) is 13.0 Å². The first kappa shape index (κ1) is 10.9. The van der Waals surface area contributed by atoms with E-state index < -0.39 is 0 Å². The molecule has 1 aromatic carbocycles. The largest absolute Gasteiger partial charge is 0.390 e. The van der Waals surface area contributed by atoms with Gasteiger partial charge in [-0.3, -0.25) is 0 Å². The average molecular weight is 216 g/mol. The van der Waals surface area contributed by atoms with Crippen molar-refractivity contribution in [1.82, 2.24) is 9.97 Å². The molecule has 2 N–H and O–H groups in total. The van der Waals surface area contributed by atoms with Crippen molar-refractivity contribution < 1.29 is 5.11 Å². The van der Waals surface area contributed by atoms with Crippen LogP contribution in [0.15, 0.2) is 24.3 Å². The van der Waals surface area contributed by atoms with E-state index in [1.54, 1.807) is 0 Å². The fraction of sp³-hybridized carbons (Fsp3) is 0.308. The Morgan fingerprint density at radius 1 is 1.25 bits per heavy atom. The summed E-state index contributed by atoms with van der Waals surface area (Å²) in [7, 11) is 0. The predicted octanol–water partition coefficient (Wildman–Crippen LogP) is 2.44. The van der Waals surface area contributed by atoms with Crippen molar-refractivity contribution in [2.75, 3.05) is 0 Å². The van der Waals surface area contributed by atoms with E-state index in [1.807, 2.05) is 6.92 Å². The molecule has 0 saturated carbocycles. The van der Waals surface area contributed by atoms with Gasteiger partial charge < -0.3 is 10.1 Å². The molecular weight excluding hydrogens is 200 g/mol. The monoisotopic (exact) mass is 216 g/mol. The van der Waals surface area contributed by atoms with E-state index in [1.165, 1.54) is 5.56 Å². The van der Waals surface area contributed by atoms with Gasteiger partial charge in [0.25, 0.3) is 0 Å². The summed E-state index contributed by atoms with van der Waals surface area (Å²) in [5, 5.41) is 9.08. The highest BCUT2D eigenvalue weighted by Crippen LogP contribution is 2.18. The lowest BCUT2D eigenvalue weighted by atomic mass is 10.1. The molecule has 84 valence electrons. The number of imidazole rings is 1. The van der Waals surface area contributed by atoms with Crippen LogP contribution in [0.25, 0.3) is 11.4 Å². The van der Waals surface area contributed by atoms with E-state index in [0.717, 1.165) is 29.2 Å². The van der Waals surface area contributed by atoms with Crippen molar-refractivity contribution in [3.05, 3.63) is 41.2 Å². The Hall–Kier alpha value is -1.61. The second-order valence-corrected chi connectivity index (χ2v) is 3.87. The maximum Gasteiger partial charge on any atom is 0.137 e. The molecule has 1 heterocycles. The van der Waals surface area contributed by atoms with Crippen LogP contribution in [0.3, 0.4) is 0 Å². The van der Waals surface area contributed by atoms with E-state index in [0.29, 0.717) is 0 Å². The molecule has 0 unspecified atom stereocenters. The van der Waals surface area contributed by atoms with Gasteiger partial charge in [-0.15, -0.1) is 0 Å². The van der Waals surface area contributed by atoms with Gasteiger partial charge in [0.2, 0.25) is 0 Å². The zero-order valence-corrected chi connectivity index (χ0v) is 9.62. The van der Waals surface area contributed by atoms with E-state index in [2.05, 4.69) is 41.2 Å². The lowest BCUT2D eigenvalue weighted by Crippen LogP contribution is -1.85. The number of rotatable bonds is 3. The van der Waals surface area contributed by atoms with Gasteiger partial charge in [0, 0.05) is 11.3 Å². The molecule has 1 aromatic heterocycles. The number of aliphatic hydroxyl groups is 1. The molecule has 16 heavy (non-hydrogen) atoms. The van der Waals surface area contributed by atoms with Gasteiger partial charge in [0.05, 0.1) is 12.3 Å². The summed E-state index contributed by atoms with van der Waals surface area (Å²) < 4.78 is 0. The van der Waals surface area contributed by atoms with Gasteiger partial charge in [-0.05, 0) is 18.9 Å². The summed E-state index contributed by atoms with van der Waals surface area (Å²) in [6.45, 7) is 4.04. The van der Waals surface area contributed by atoms with Crippen LogP contribution in [0.4, 0.5) is 0 Å². The topological polar surface area (TPSA) is 48.9 Å². The second-order valence-electron chi connectivity index (χ2n) is 3.87. The smallest absolute Gasteiger partial charge is 0.137 e. The summed E-state index contributed by atoms with van der Waals surface area (Å²) in [6, 6.07) is 8.31. The highest BCUT2D eigenvalue weighted by Gasteiger charge is 2.06. The molecule has 0 saturated heterocycles. The minimum Gasteiger partial charge on any atom is -0.390 e. The highest BCUT2D eigenvalue weighted by atomic mass is 16.3. The van der Waals surface area contributed by atoms with Gasteiger partial charge in [-0.2, -0.15) is 0 Å². The molecular formula is C13H16N2O. The standard InChI is InChI=1S/C13H16N2O/c1-3-10-4-6-11(7-5-10)13-14-9(2)12(8-16)15-13/h4-7,16H,3,8H2,1-2H3,(H,14,15). The Labute approximate surface area is 95.2 Å². The van der Waals surface area contributed by atoms with Crippen molar-refractivity contribution >= 4 is 0 Å². The fourth-order valence-corrected chi connectivity index (χ4v) is 1.69. The van der Waals surface area contributed by atoms with Crippen molar-refractivity contribution in [1.29, 1.82) is 0 Å². The minimum absolute atomic E-state index is 0.0185. The third kappa shape index (κ3) is 1.99. The number of benzene rings is 1. The lowest BCUT2D eigenvalue weighted by molar-refractivity contribution is 0.276. The van der Waals surface area contributed by atoms with Crippen molar-refractivity contribution in [2.24, 2.45) is 0 Å². The number of nitrogens with zero attached hydrogens (tertiary/aromatic N) is 1. The molecule has 0 aliphatic carbocycles. The molecule has 2 aromatic rings. The summed E-state index contributed by atoms with van der Waals surface area (Å²) >= 11 is 0. The van der Waals surface area contributed by atoms with Crippen LogP contribution in [0, 0.1) is 6.92 Å². The number of aryl methyl sites for hydroxylation is 2. The zero-order chi connectivity index (χ0) is 11.5. The Morgan fingerprint density at radius 2 is 1.94 bits per heavy atom.